The number of aryl methyl sites for hydroxylation is 1. The molecule has 1 amide bonds. The number of nitrogens with two attached hydrogens (primary N) is 1. The van der Waals surface area contributed by atoms with Crippen molar-refractivity contribution < 1.29 is 13.6 Å². The molecule has 0 aromatic heterocycles. The number of fused-ring (bicyclic) bond motifs is 1. The maximum atomic E-state index is 13.9. The van der Waals surface area contributed by atoms with Gasteiger partial charge in [0.25, 0.3) is 0 Å². The van der Waals surface area contributed by atoms with E-state index in [-0.39, 0.29) is 11.5 Å². The molecular weight excluding hydrogens is 274 g/mol. The smallest absolute Gasteiger partial charge is 0.228 e. The number of benzene rings is 2. The van der Waals surface area contributed by atoms with Crippen molar-refractivity contribution in [2.45, 2.75) is 19.4 Å². The van der Waals surface area contributed by atoms with Crippen LogP contribution in [-0.4, -0.2) is 5.91 Å². The van der Waals surface area contributed by atoms with E-state index in [0.717, 1.165) is 17.3 Å². The van der Waals surface area contributed by atoms with Gasteiger partial charge in [0.05, 0.1) is 12.5 Å². The molecule has 0 radical (unpaired) electrons. The predicted molar refractivity (Wildman–Crippen MR) is 75.9 cm³/mol. The summed E-state index contributed by atoms with van der Waals surface area (Å²) in [6.45, 7) is 1.57. The van der Waals surface area contributed by atoms with Gasteiger partial charge in [-0.2, -0.15) is 0 Å². The molecule has 1 unspecified atom stereocenters. The molecule has 1 atom stereocenters. The fourth-order valence-electron chi connectivity index (χ4n) is 2.54. The van der Waals surface area contributed by atoms with Crippen LogP contribution in [0.2, 0.25) is 0 Å². The second-order valence-corrected chi connectivity index (χ2v) is 5.24. The molecular formula is C16H14F2N2O. The van der Waals surface area contributed by atoms with Crippen LogP contribution in [0.25, 0.3) is 0 Å². The molecule has 0 aliphatic carbocycles. The van der Waals surface area contributed by atoms with Crippen LogP contribution < -0.4 is 11.1 Å². The van der Waals surface area contributed by atoms with Crippen molar-refractivity contribution in [2.24, 2.45) is 5.73 Å². The van der Waals surface area contributed by atoms with E-state index in [9.17, 15) is 13.6 Å². The Hall–Kier alpha value is -2.27. The Morgan fingerprint density at radius 3 is 2.71 bits per heavy atom. The summed E-state index contributed by atoms with van der Waals surface area (Å²) in [5.41, 5.74) is 8.97. The molecule has 3 nitrogen and oxygen atoms in total. The van der Waals surface area contributed by atoms with E-state index in [0.29, 0.717) is 17.5 Å². The van der Waals surface area contributed by atoms with Crippen LogP contribution in [0.15, 0.2) is 30.3 Å². The van der Waals surface area contributed by atoms with Crippen molar-refractivity contribution in [3.05, 3.63) is 64.2 Å². The first kappa shape index (κ1) is 13.7. The first-order valence-corrected chi connectivity index (χ1v) is 6.59. The largest absolute Gasteiger partial charge is 0.326 e. The van der Waals surface area contributed by atoms with E-state index in [2.05, 4.69) is 5.32 Å². The van der Waals surface area contributed by atoms with Crippen LogP contribution in [0.1, 0.15) is 28.3 Å². The summed E-state index contributed by atoms with van der Waals surface area (Å²) in [6.07, 6.45) is 0.292. The zero-order valence-corrected chi connectivity index (χ0v) is 11.4. The maximum Gasteiger partial charge on any atom is 0.228 e. The molecule has 3 rings (SSSR count). The molecule has 1 heterocycles. The minimum absolute atomic E-state index is 0.0699. The van der Waals surface area contributed by atoms with Crippen molar-refractivity contribution in [2.75, 3.05) is 5.32 Å². The molecule has 1 aliphatic rings. The molecule has 1 aliphatic heterocycles. The lowest BCUT2D eigenvalue weighted by molar-refractivity contribution is -0.115. The van der Waals surface area contributed by atoms with Crippen molar-refractivity contribution in [1.82, 2.24) is 0 Å². The Kier molecular flexibility index (Phi) is 3.22. The Labute approximate surface area is 120 Å². The molecule has 108 valence electrons. The SMILES string of the molecule is Cc1cc(C(N)c2ccc3c(c2)CC(=O)N3)c(F)cc1F. The zero-order valence-electron chi connectivity index (χ0n) is 11.4. The lowest BCUT2D eigenvalue weighted by Crippen LogP contribution is -2.14. The summed E-state index contributed by atoms with van der Waals surface area (Å²) in [4.78, 5) is 11.3. The quantitative estimate of drug-likeness (QED) is 0.892. The third-order valence-corrected chi connectivity index (χ3v) is 3.73. The Bertz CT molecular complexity index is 743. The minimum atomic E-state index is -0.703. The van der Waals surface area contributed by atoms with Gasteiger partial charge < -0.3 is 11.1 Å². The second-order valence-electron chi connectivity index (χ2n) is 5.24. The summed E-state index contributed by atoms with van der Waals surface area (Å²) in [5, 5.41) is 2.73. The van der Waals surface area contributed by atoms with Gasteiger partial charge >= 0.3 is 0 Å². The van der Waals surface area contributed by atoms with E-state index in [4.69, 9.17) is 5.73 Å². The van der Waals surface area contributed by atoms with Crippen molar-refractivity contribution in [3.8, 4) is 0 Å². The summed E-state index contributed by atoms with van der Waals surface area (Å²) in [5.74, 6) is -1.33. The average molecular weight is 288 g/mol. The summed E-state index contributed by atoms with van der Waals surface area (Å²) >= 11 is 0. The highest BCUT2D eigenvalue weighted by Crippen LogP contribution is 2.29. The number of halogens is 2. The van der Waals surface area contributed by atoms with Crippen LogP contribution >= 0.6 is 0 Å². The third-order valence-electron chi connectivity index (χ3n) is 3.73. The number of anilines is 1. The highest BCUT2D eigenvalue weighted by Gasteiger charge is 2.21. The highest BCUT2D eigenvalue weighted by molar-refractivity contribution is 5.99. The number of rotatable bonds is 2. The van der Waals surface area contributed by atoms with Crippen molar-refractivity contribution in [3.63, 3.8) is 0 Å². The monoisotopic (exact) mass is 288 g/mol. The topological polar surface area (TPSA) is 55.1 Å². The lowest BCUT2D eigenvalue weighted by Gasteiger charge is -2.15. The molecule has 2 aromatic carbocycles. The fourth-order valence-corrected chi connectivity index (χ4v) is 2.54. The molecule has 0 bridgehead atoms. The van der Waals surface area contributed by atoms with Crippen molar-refractivity contribution in [1.29, 1.82) is 0 Å². The van der Waals surface area contributed by atoms with Gasteiger partial charge in [-0.25, -0.2) is 8.78 Å². The molecule has 5 heteroatoms. The van der Waals surface area contributed by atoms with Crippen LogP contribution in [0.5, 0.6) is 0 Å². The van der Waals surface area contributed by atoms with Crippen LogP contribution in [0, 0.1) is 18.6 Å². The molecule has 0 fully saturated rings. The number of nitrogens with one attached hydrogen (secondary N) is 1. The summed E-state index contributed by atoms with van der Waals surface area (Å²) in [7, 11) is 0. The molecule has 0 saturated heterocycles. The first-order chi connectivity index (χ1) is 9.95. The zero-order chi connectivity index (χ0) is 15.1. The Morgan fingerprint density at radius 1 is 1.19 bits per heavy atom. The molecule has 0 saturated carbocycles. The third kappa shape index (κ3) is 2.40. The number of hydrogen-bond donors (Lipinski definition) is 2. The fraction of sp³-hybridized carbons (Fsp3) is 0.188. The van der Waals surface area contributed by atoms with E-state index in [1.165, 1.54) is 6.07 Å². The second kappa shape index (κ2) is 4.93. The lowest BCUT2D eigenvalue weighted by atomic mass is 9.95. The van der Waals surface area contributed by atoms with Gasteiger partial charge in [0.2, 0.25) is 5.91 Å². The summed E-state index contributed by atoms with van der Waals surface area (Å²) in [6, 6.07) is 6.85. The van der Waals surface area contributed by atoms with Gasteiger partial charge in [-0.3, -0.25) is 4.79 Å². The first-order valence-electron chi connectivity index (χ1n) is 6.59. The van der Waals surface area contributed by atoms with E-state index in [1.807, 2.05) is 0 Å². The Balaban J connectivity index is 2.00. The van der Waals surface area contributed by atoms with Gasteiger partial charge in [-0.15, -0.1) is 0 Å². The molecule has 0 spiro atoms. The van der Waals surface area contributed by atoms with E-state index in [1.54, 1.807) is 25.1 Å². The maximum absolute atomic E-state index is 13.9. The van der Waals surface area contributed by atoms with Gasteiger partial charge in [-0.1, -0.05) is 12.1 Å². The van der Waals surface area contributed by atoms with Crippen LogP contribution in [0.4, 0.5) is 14.5 Å². The number of hydrogen-bond acceptors (Lipinski definition) is 2. The van der Waals surface area contributed by atoms with E-state index < -0.39 is 17.7 Å². The molecule has 21 heavy (non-hydrogen) atoms. The van der Waals surface area contributed by atoms with Gasteiger partial charge in [0.1, 0.15) is 11.6 Å². The summed E-state index contributed by atoms with van der Waals surface area (Å²) < 4.78 is 27.2. The Morgan fingerprint density at radius 2 is 1.95 bits per heavy atom. The molecule has 2 aromatic rings. The standard InChI is InChI=1S/C16H14F2N2O/c1-8-4-11(13(18)7-12(8)17)16(19)9-2-3-14-10(5-9)6-15(21)20-14/h2-5,7,16H,6,19H2,1H3,(H,20,21). The average Bonchev–Trinajstić information content (AvgIpc) is 2.81. The highest BCUT2D eigenvalue weighted by atomic mass is 19.1. The van der Waals surface area contributed by atoms with Crippen LogP contribution in [-0.2, 0) is 11.2 Å². The number of amides is 1. The predicted octanol–water partition coefficient (Wildman–Crippen LogP) is 2.82. The number of carbonyl (C=O) groups excluding carboxylic acids is 1. The minimum Gasteiger partial charge on any atom is -0.326 e. The number of carbonyl (C=O) groups is 1. The van der Waals surface area contributed by atoms with E-state index >= 15 is 0 Å². The van der Waals surface area contributed by atoms with Crippen molar-refractivity contribution >= 4 is 11.6 Å². The van der Waals surface area contributed by atoms with Crippen LogP contribution in [0.3, 0.4) is 0 Å². The normalized spacial score (nSPS) is 14.8. The molecule has 3 N–H and O–H groups in total. The van der Waals surface area contributed by atoms with Gasteiger partial charge in [-0.05, 0) is 35.7 Å². The van der Waals surface area contributed by atoms with Gasteiger partial charge in [0, 0.05) is 17.3 Å². The van der Waals surface area contributed by atoms with Gasteiger partial charge in [0.15, 0.2) is 0 Å².